The molecule has 130 valence electrons. The fraction of sp³-hybridized carbons (Fsp3) is 0. The summed E-state index contributed by atoms with van der Waals surface area (Å²) in [4.78, 5) is 18.2. The molecular formula is C20H12N4O3. The van der Waals surface area contributed by atoms with Crippen LogP contribution in [-0.2, 0) is 0 Å². The molecule has 0 unspecified atom stereocenters. The van der Waals surface area contributed by atoms with Crippen molar-refractivity contribution in [2.75, 3.05) is 0 Å². The van der Waals surface area contributed by atoms with Gasteiger partial charge in [-0.1, -0.05) is 24.3 Å². The van der Waals surface area contributed by atoms with E-state index in [1.165, 1.54) is 6.07 Å². The van der Waals surface area contributed by atoms with Gasteiger partial charge in [0.1, 0.15) is 23.4 Å². The summed E-state index contributed by atoms with van der Waals surface area (Å²) in [5, 5.41) is 20.7. The summed E-state index contributed by atoms with van der Waals surface area (Å²) in [7, 11) is 0. The molecule has 0 bridgehead atoms. The number of nitro groups is 1. The standard InChI is InChI=1S/C20H12N4O3/c21-12-13(20-22-16-6-2-3-7-17(16)23-20)11-14-9-10-19(27-14)15-5-1-4-8-18(15)24(25)26/h1-11H,(H,22,23). The Balaban J connectivity index is 1.72. The van der Waals surface area contributed by atoms with Gasteiger partial charge in [0.15, 0.2) is 0 Å². The van der Waals surface area contributed by atoms with Crippen LogP contribution in [0.4, 0.5) is 5.69 Å². The van der Waals surface area contributed by atoms with E-state index in [0.29, 0.717) is 28.5 Å². The third-order valence-electron chi connectivity index (χ3n) is 4.04. The summed E-state index contributed by atoms with van der Waals surface area (Å²) < 4.78 is 5.71. The molecule has 0 atom stereocenters. The molecule has 2 aromatic heterocycles. The number of furan rings is 1. The van der Waals surface area contributed by atoms with Crippen molar-refractivity contribution in [2.24, 2.45) is 0 Å². The van der Waals surface area contributed by atoms with Gasteiger partial charge < -0.3 is 9.40 Å². The monoisotopic (exact) mass is 356 g/mol. The van der Waals surface area contributed by atoms with Gasteiger partial charge in [0, 0.05) is 12.1 Å². The van der Waals surface area contributed by atoms with E-state index in [0.717, 1.165) is 11.0 Å². The first-order valence-corrected chi connectivity index (χ1v) is 8.06. The van der Waals surface area contributed by atoms with Crippen molar-refractivity contribution in [3.63, 3.8) is 0 Å². The Bertz CT molecular complexity index is 1190. The van der Waals surface area contributed by atoms with Gasteiger partial charge in [-0.05, 0) is 30.3 Å². The average molecular weight is 356 g/mol. The third kappa shape index (κ3) is 3.07. The first kappa shape index (κ1) is 16.3. The molecule has 27 heavy (non-hydrogen) atoms. The number of imidazole rings is 1. The van der Waals surface area contributed by atoms with E-state index in [-0.39, 0.29) is 5.69 Å². The molecule has 7 heteroatoms. The summed E-state index contributed by atoms with van der Waals surface area (Å²) in [5.41, 5.74) is 2.22. The Morgan fingerprint density at radius 3 is 2.70 bits per heavy atom. The van der Waals surface area contributed by atoms with E-state index >= 15 is 0 Å². The molecule has 0 aliphatic carbocycles. The predicted octanol–water partition coefficient (Wildman–Crippen LogP) is 4.80. The number of nitrogens with zero attached hydrogens (tertiary/aromatic N) is 3. The summed E-state index contributed by atoms with van der Waals surface area (Å²) in [6, 6.07) is 19.2. The molecule has 0 aliphatic rings. The molecule has 0 spiro atoms. The van der Waals surface area contributed by atoms with Crippen LogP contribution in [0.15, 0.2) is 65.1 Å². The maximum atomic E-state index is 11.2. The highest BCUT2D eigenvalue weighted by atomic mass is 16.6. The number of allylic oxidation sites excluding steroid dienone is 1. The number of para-hydroxylation sites is 3. The van der Waals surface area contributed by atoms with Crippen molar-refractivity contribution >= 4 is 28.4 Å². The van der Waals surface area contributed by atoms with Crippen LogP contribution in [0, 0.1) is 21.4 Å². The van der Waals surface area contributed by atoms with Crippen LogP contribution in [0.2, 0.25) is 0 Å². The summed E-state index contributed by atoms with van der Waals surface area (Å²) >= 11 is 0. The number of nitriles is 1. The molecule has 0 aliphatic heterocycles. The minimum atomic E-state index is -0.456. The Kier molecular flexibility index (Phi) is 3.99. The van der Waals surface area contributed by atoms with Crippen LogP contribution < -0.4 is 0 Å². The van der Waals surface area contributed by atoms with E-state index in [9.17, 15) is 15.4 Å². The molecule has 0 saturated carbocycles. The fourth-order valence-electron chi connectivity index (χ4n) is 2.79. The van der Waals surface area contributed by atoms with Crippen molar-refractivity contribution in [3.8, 4) is 17.4 Å². The molecule has 4 aromatic rings. The minimum Gasteiger partial charge on any atom is -0.456 e. The van der Waals surface area contributed by atoms with Crippen LogP contribution in [-0.4, -0.2) is 14.9 Å². The summed E-state index contributed by atoms with van der Waals surface area (Å²) in [5.74, 6) is 1.19. The summed E-state index contributed by atoms with van der Waals surface area (Å²) in [6.07, 6.45) is 1.55. The van der Waals surface area contributed by atoms with Crippen LogP contribution >= 0.6 is 0 Å². The van der Waals surface area contributed by atoms with Gasteiger partial charge in [-0.25, -0.2) is 4.98 Å². The average Bonchev–Trinajstić information content (AvgIpc) is 3.32. The van der Waals surface area contributed by atoms with Crippen LogP contribution in [0.3, 0.4) is 0 Å². The van der Waals surface area contributed by atoms with Gasteiger partial charge in [-0.3, -0.25) is 10.1 Å². The Morgan fingerprint density at radius 1 is 1.15 bits per heavy atom. The maximum absolute atomic E-state index is 11.2. The first-order valence-electron chi connectivity index (χ1n) is 8.06. The number of nitro benzene ring substituents is 1. The zero-order chi connectivity index (χ0) is 18.8. The highest BCUT2D eigenvalue weighted by Gasteiger charge is 2.17. The van der Waals surface area contributed by atoms with Crippen molar-refractivity contribution in [1.29, 1.82) is 5.26 Å². The van der Waals surface area contributed by atoms with Crippen LogP contribution in [0.1, 0.15) is 11.6 Å². The Morgan fingerprint density at radius 2 is 1.93 bits per heavy atom. The first-order chi connectivity index (χ1) is 13.2. The molecule has 2 aromatic carbocycles. The predicted molar refractivity (Wildman–Crippen MR) is 100 cm³/mol. The number of nitrogens with one attached hydrogen (secondary N) is 1. The van der Waals surface area contributed by atoms with Gasteiger partial charge in [-0.15, -0.1) is 0 Å². The number of hydrogen-bond donors (Lipinski definition) is 1. The Hall–Kier alpha value is -4.18. The number of benzene rings is 2. The summed E-state index contributed by atoms with van der Waals surface area (Å²) in [6.45, 7) is 0. The van der Waals surface area contributed by atoms with Crippen molar-refractivity contribution in [2.45, 2.75) is 0 Å². The minimum absolute atomic E-state index is 0.0415. The zero-order valence-electron chi connectivity index (χ0n) is 13.9. The van der Waals surface area contributed by atoms with Crippen molar-refractivity contribution in [1.82, 2.24) is 9.97 Å². The van der Waals surface area contributed by atoms with Gasteiger partial charge in [0.2, 0.25) is 0 Å². The lowest BCUT2D eigenvalue weighted by atomic mass is 10.1. The normalized spacial score (nSPS) is 11.4. The van der Waals surface area contributed by atoms with E-state index in [1.807, 2.05) is 24.3 Å². The number of fused-ring (bicyclic) bond motifs is 1. The van der Waals surface area contributed by atoms with Crippen molar-refractivity contribution in [3.05, 3.63) is 82.4 Å². The number of aromatic nitrogens is 2. The topological polar surface area (TPSA) is 109 Å². The molecule has 0 radical (unpaired) electrons. The Labute approximate surface area is 153 Å². The largest absolute Gasteiger partial charge is 0.456 e. The molecular weight excluding hydrogens is 344 g/mol. The second-order valence-electron chi connectivity index (χ2n) is 5.75. The fourth-order valence-corrected chi connectivity index (χ4v) is 2.79. The quantitative estimate of drug-likeness (QED) is 0.321. The lowest BCUT2D eigenvalue weighted by molar-refractivity contribution is -0.384. The molecule has 0 saturated heterocycles. The zero-order valence-corrected chi connectivity index (χ0v) is 13.9. The maximum Gasteiger partial charge on any atom is 0.280 e. The van der Waals surface area contributed by atoms with Gasteiger partial charge in [-0.2, -0.15) is 5.26 Å². The molecule has 0 fully saturated rings. The highest BCUT2D eigenvalue weighted by molar-refractivity contribution is 5.89. The number of aromatic amines is 1. The number of rotatable bonds is 4. The van der Waals surface area contributed by atoms with E-state index in [4.69, 9.17) is 4.42 Å². The number of H-pyrrole nitrogens is 1. The molecule has 0 amide bonds. The molecule has 7 nitrogen and oxygen atoms in total. The van der Waals surface area contributed by atoms with Gasteiger partial charge >= 0.3 is 0 Å². The lowest BCUT2D eigenvalue weighted by Gasteiger charge is -1.98. The van der Waals surface area contributed by atoms with E-state index in [1.54, 1.807) is 36.4 Å². The lowest BCUT2D eigenvalue weighted by Crippen LogP contribution is -1.90. The van der Waals surface area contributed by atoms with Gasteiger partial charge in [0.05, 0.1) is 27.1 Å². The molecule has 1 N–H and O–H groups in total. The second-order valence-corrected chi connectivity index (χ2v) is 5.75. The number of hydrogen-bond acceptors (Lipinski definition) is 5. The molecule has 2 heterocycles. The second kappa shape index (κ2) is 6.61. The van der Waals surface area contributed by atoms with Gasteiger partial charge in [0.25, 0.3) is 5.69 Å². The highest BCUT2D eigenvalue weighted by Crippen LogP contribution is 2.31. The third-order valence-corrected chi connectivity index (χ3v) is 4.04. The SMILES string of the molecule is N#CC(=Cc1ccc(-c2ccccc2[N+](=O)[O-])o1)c1nc2ccccc2[nH]1. The van der Waals surface area contributed by atoms with E-state index in [2.05, 4.69) is 16.0 Å². The van der Waals surface area contributed by atoms with Crippen molar-refractivity contribution < 1.29 is 9.34 Å². The van der Waals surface area contributed by atoms with Crippen LogP contribution in [0.25, 0.3) is 34.0 Å². The van der Waals surface area contributed by atoms with E-state index < -0.39 is 4.92 Å². The smallest absolute Gasteiger partial charge is 0.280 e. The van der Waals surface area contributed by atoms with Crippen LogP contribution in [0.5, 0.6) is 0 Å². The molecule has 4 rings (SSSR count).